The van der Waals surface area contributed by atoms with Gasteiger partial charge in [-0.05, 0) is 57.4 Å². The summed E-state index contributed by atoms with van der Waals surface area (Å²) in [7, 11) is -3.92. The molecule has 1 atom stereocenters. The van der Waals surface area contributed by atoms with Crippen LogP contribution in [0, 0.1) is 6.92 Å². The lowest BCUT2D eigenvalue weighted by Gasteiger charge is -2.31. The summed E-state index contributed by atoms with van der Waals surface area (Å²) >= 11 is 0. The maximum Gasteiger partial charge on any atom is 0.416 e. The monoisotopic (exact) mass is 555 g/mol. The second-order valence-corrected chi connectivity index (χ2v) is 11.5. The lowest BCUT2D eigenvalue weighted by atomic mass is 10.1. The normalized spacial score (nSPS) is 12.8. The Morgan fingerprint density at radius 2 is 1.71 bits per heavy atom. The first-order chi connectivity index (χ1) is 17.6. The van der Waals surface area contributed by atoms with Gasteiger partial charge in [0.05, 0.1) is 17.5 Å². The molecule has 0 aromatic heterocycles. The van der Waals surface area contributed by atoms with Crippen molar-refractivity contribution in [1.82, 2.24) is 10.2 Å². The quantitative estimate of drug-likeness (QED) is 0.404. The summed E-state index contributed by atoms with van der Waals surface area (Å²) in [5.41, 5.74) is 0.746. The fourth-order valence-electron chi connectivity index (χ4n) is 4.15. The van der Waals surface area contributed by atoms with Crippen molar-refractivity contribution in [3.63, 3.8) is 0 Å². The summed E-state index contributed by atoms with van der Waals surface area (Å²) in [4.78, 5) is 27.8. The summed E-state index contributed by atoms with van der Waals surface area (Å²) in [6.45, 7) is 7.37. The van der Waals surface area contributed by atoms with Crippen LogP contribution in [-0.2, 0) is 32.3 Å². The molecular formula is C27H36F3N3O4S. The molecule has 2 amide bonds. The molecule has 0 aliphatic heterocycles. The van der Waals surface area contributed by atoms with Crippen LogP contribution in [0.3, 0.4) is 0 Å². The Balaban J connectivity index is 2.26. The number of anilines is 1. The van der Waals surface area contributed by atoms with Crippen LogP contribution in [0.4, 0.5) is 18.9 Å². The van der Waals surface area contributed by atoms with E-state index in [2.05, 4.69) is 5.32 Å². The number of carbonyl (C=O) groups excluding carboxylic acids is 2. The number of hydrogen-bond donors (Lipinski definition) is 1. The molecule has 0 saturated heterocycles. The Kier molecular flexibility index (Phi) is 10.8. The van der Waals surface area contributed by atoms with Crippen molar-refractivity contribution in [3.05, 3.63) is 65.2 Å². The molecule has 0 aliphatic carbocycles. The molecule has 0 spiro atoms. The molecule has 2 rings (SSSR count). The molecule has 0 fully saturated rings. The van der Waals surface area contributed by atoms with E-state index < -0.39 is 27.8 Å². The molecule has 210 valence electrons. The zero-order valence-electron chi connectivity index (χ0n) is 22.4. The van der Waals surface area contributed by atoms with E-state index in [-0.39, 0.29) is 49.5 Å². The number of nitrogens with one attached hydrogen (secondary N) is 1. The molecule has 0 aliphatic rings. The molecule has 0 bridgehead atoms. The summed E-state index contributed by atoms with van der Waals surface area (Å²) in [6.07, 6.45) is -3.40. The number of nitrogens with zero attached hydrogens (tertiary/aromatic N) is 2. The fraction of sp³-hybridized carbons (Fsp3) is 0.481. The average molecular weight is 556 g/mol. The van der Waals surface area contributed by atoms with Crippen LogP contribution in [0.2, 0.25) is 0 Å². The van der Waals surface area contributed by atoms with Gasteiger partial charge in [-0.2, -0.15) is 13.2 Å². The van der Waals surface area contributed by atoms with E-state index in [0.29, 0.717) is 6.42 Å². The third-order valence-corrected chi connectivity index (χ3v) is 7.06. The maximum atomic E-state index is 13.4. The summed E-state index contributed by atoms with van der Waals surface area (Å²) < 4.78 is 65.2. The number of amides is 2. The Morgan fingerprint density at radius 1 is 1.05 bits per heavy atom. The molecule has 0 unspecified atom stereocenters. The molecule has 7 nitrogen and oxygen atoms in total. The van der Waals surface area contributed by atoms with E-state index in [1.54, 1.807) is 6.92 Å². The van der Waals surface area contributed by atoms with Gasteiger partial charge in [-0.1, -0.05) is 42.8 Å². The fourth-order valence-corrected chi connectivity index (χ4v) is 5.11. The SMILES string of the molecule is CC[C@@H](C(=O)NC(C)C)N(Cc1cccc(C)c1)C(=O)CCCN(c1cccc(C(F)(F)F)c1)S(C)(=O)=O. The number of aryl methyl sites for hydroxylation is 1. The number of benzene rings is 2. The molecule has 11 heteroatoms. The van der Waals surface area contributed by atoms with Crippen molar-refractivity contribution in [2.24, 2.45) is 0 Å². The maximum absolute atomic E-state index is 13.4. The first-order valence-electron chi connectivity index (χ1n) is 12.4. The summed E-state index contributed by atoms with van der Waals surface area (Å²) in [5.74, 6) is -0.639. The van der Waals surface area contributed by atoms with Crippen molar-refractivity contribution in [2.45, 2.75) is 71.8 Å². The minimum Gasteiger partial charge on any atom is -0.352 e. The molecule has 0 heterocycles. The lowest BCUT2D eigenvalue weighted by Crippen LogP contribution is -2.50. The third kappa shape index (κ3) is 9.04. The second kappa shape index (κ2) is 13.1. The Labute approximate surface area is 223 Å². The van der Waals surface area contributed by atoms with Crippen molar-refractivity contribution in [2.75, 3.05) is 17.1 Å². The van der Waals surface area contributed by atoms with Gasteiger partial charge in [0.15, 0.2) is 0 Å². The number of sulfonamides is 1. The number of hydrogen-bond acceptors (Lipinski definition) is 4. The molecular weight excluding hydrogens is 519 g/mol. The smallest absolute Gasteiger partial charge is 0.352 e. The highest BCUT2D eigenvalue weighted by Gasteiger charge is 2.32. The van der Waals surface area contributed by atoms with Gasteiger partial charge < -0.3 is 10.2 Å². The predicted molar refractivity (Wildman–Crippen MR) is 142 cm³/mol. The van der Waals surface area contributed by atoms with E-state index in [1.807, 2.05) is 45.0 Å². The van der Waals surface area contributed by atoms with Crippen LogP contribution in [-0.4, -0.2) is 50.0 Å². The van der Waals surface area contributed by atoms with Gasteiger partial charge in [-0.15, -0.1) is 0 Å². The predicted octanol–water partition coefficient (Wildman–Crippen LogP) is 4.89. The van der Waals surface area contributed by atoms with E-state index in [9.17, 15) is 31.2 Å². The van der Waals surface area contributed by atoms with Crippen molar-refractivity contribution in [3.8, 4) is 0 Å². The van der Waals surface area contributed by atoms with E-state index in [0.717, 1.165) is 39.9 Å². The standard InChI is InChI=1S/C27H36F3N3O4S/c1-6-24(26(35)31-19(2)3)32(18-21-11-7-10-20(4)16-21)25(34)14-9-15-33(38(5,36)37)23-13-8-12-22(17-23)27(28,29)30/h7-8,10-13,16-17,19,24H,6,9,14-15,18H2,1-5H3,(H,31,35)/t24-/m0/s1. The summed E-state index contributed by atoms with van der Waals surface area (Å²) in [6, 6.07) is 10.8. The minimum atomic E-state index is -4.63. The molecule has 2 aromatic carbocycles. The highest BCUT2D eigenvalue weighted by molar-refractivity contribution is 7.92. The van der Waals surface area contributed by atoms with Crippen molar-refractivity contribution >= 4 is 27.5 Å². The second-order valence-electron chi connectivity index (χ2n) is 9.58. The highest BCUT2D eigenvalue weighted by atomic mass is 32.2. The summed E-state index contributed by atoms with van der Waals surface area (Å²) in [5, 5.41) is 2.85. The van der Waals surface area contributed by atoms with Crippen LogP contribution in [0.1, 0.15) is 56.7 Å². The van der Waals surface area contributed by atoms with Gasteiger partial charge in [0, 0.05) is 25.6 Å². The van der Waals surface area contributed by atoms with Crippen molar-refractivity contribution < 1.29 is 31.2 Å². The van der Waals surface area contributed by atoms with Gasteiger partial charge in [0.2, 0.25) is 21.8 Å². The minimum absolute atomic E-state index is 0.0503. The van der Waals surface area contributed by atoms with Crippen LogP contribution in [0.15, 0.2) is 48.5 Å². The number of alkyl halides is 3. The van der Waals surface area contributed by atoms with Gasteiger partial charge in [-0.3, -0.25) is 13.9 Å². The highest BCUT2D eigenvalue weighted by Crippen LogP contribution is 2.32. The molecule has 1 N–H and O–H groups in total. The van der Waals surface area contributed by atoms with Crippen LogP contribution >= 0.6 is 0 Å². The largest absolute Gasteiger partial charge is 0.416 e. The number of halogens is 3. The Bertz CT molecular complexity index is 1220. The van der Waals surface area contributed by atoms with Crippen LogP contribution in [0.25, 0.3) is 0 Å². The van der Waals surface area contributed by atoms with Gasteiger partial charge in [0.25, 0.3) is 0 Å². The first kappa shape index (κ1) is 31.1. The Morgan fingerprint density at radius 3 is 2.26 bits per heavy atom. The third-order valence-electron chi connectivity index (χ3n) is 5.87. The van der Waals surface area contributed by atoms with Crippen LogP contribution in [0.5, 0.6) is 0 Å². The molecule has 0 radical (unpaired) electrons. The molecule has 0 saturated carbocycles. The number of rotatable bonds is 12. The van der Waals surface area contributed by atoms with E-state index >= 15 is 0 Å². The molecule has 38 heavy (non-hydrogen) atoms. The number of carbonyl (C=O) groups is 2. The van der Waals surface area contributed by atoms with E-state index in [4.69, 9.17) is 0 Å². The van der Waals surface area contributed by atoms with Gasteiger partial charge >= 0.3 is 6.18 Å². The van der Waals surface area contributed by atoms with Gasteiger partial charge in [0.1, 0.15) is 6.04 Å². The Hall–Kier alpha value is -3.08. The molecule has 2 aromatic rings. The average Bonchev–Trinajstić information content (AvgIpc) is 2.80. The zero-order chi connectivity index (χ0) is 28.7. The van der Waals surface area contributed by atoms with E-state index in [1.165, 1.54) is 11.0 Å². The first-order valence-corrected chi connectivity index (χ1v) is 14.3. The van der Waals surface area contributed by atoms with Gasteiger partial charge in [-0.25, -0.2) is 8.42 Å². The topological polar surface area (TPSA) is 86.8 Å². The zero-order valence-corrected chi connectivity index (χ0v) is 23.2. The van der Waals surface area contributed by atoms with Crippen molar-refractivity contribution in [1.29, 1.82) is 0 Å². The lowest BCUT2D eigenvalue weighted by molar-refractivity contribution is -0.141. The van der Waals surface area contributed by atoms with Crippen LogP contribution < -0.4 is 9.62 Å².